The van der Waals surface area contributed by atoms with E-state index in [0.29, 0.717) is 16.2 Å². The number of carbonyl (C=O) groups excluding carboxylic acids is 5. The van der Waals surface area contributed by atoms with Gasteiger partial charge in [-0.2, -0.15) is 4.90 Å². The Balaban J connectivity index is 1.45. The lowest BCUT2D eigenvalue weighted by Crippen LogP contribution is -2.60. The number of amides is 5. The molecule has 5 amide bonds. The van der Waals surface area contributed by atoms with Gasteiger partial charge < -0.3 is 14.6 Å². The number of hydrogen-bond acceptors (Lipinski definition) is 8. The molecule has 0 bridgehead atoms. The van der Waals surface area contributed by atoms with Gasteiger partial charge in [0.15, 0.2) is 9.75 Å². The first-order valence-corrected chi connectivity index (χ1v) is 15.3. The highest BCUT2D eigenvalue weighted by molar-refractivity contribution is 9.09. The van der Waals surface area contributed by atoms with Crippen LogP contribution in [0.1, 0.15) is 29.9 Å². The Morgan fingerprint density at radius 1 is 1.05 bits per heavy atom. The number of nitrogens with zero attached hydrogens (tertiary/aromatic N) is 2. The molecule has 13 heteroatoms. The Morgan fingerprint density at radius 3 is 2.42 bits per heavy atom. The van der Waals surface area contributed by atoms with Crippen molar-refractivity contribution in [1.29, 1.82) is 0 Å². The van der Waals surface area contributed by atoms with Gasteiger partial charge in [-0.05, 0) is 30.4 Å². The molecule has 224 valence electrons. The monoisotopic (exact) mass is 690 g/mol. The minimum Gasteiger partial charge on any atom is -0.508 e. The van der Waals surface area contributed by atoms with Gasteiger partial charge in [-0.25, -0.2) is 4.79 Å². The van der Waals surface area contributed by atoms with E-state index >= 15 is 0 Å². The first-order valence-electron chi connectivity index (χ1n) is 13.4. The van der Waals surface area contributed by atoms with Crippen molar-refractivity contribution in [2.24, 2.45) is 17.8 Å². The van der Waals surface area contributed by atoms with Gasteiger partial charge in [-0.15, -0.1) is 23.2 Å². The lowest BCUT2D eigenvalue weighted by Gasteiger charge is -2.50. The molecule has 2 aliphatic carbocycles. The molecule has 1 N–H and O–H groups in total. The van der Waals surface area contributed by atoms with Gasteiger partial charge in [0.2, 0.25) is 11.8 Å². The minimum atomic E-state index is -2.08. The summed E-state index contributed by atoms with van der Waals surface area (Å²) in [7, 11) is 1.06. The number of allylic oxidation sites excluding steroid dienone is 2. The number of ether oxygens (including phenoxy) is 2. The van der Waals surface area contributed by atoms with E-state index in [0.717, 1.165) is 17.6 Å². The first-order chi connectivity index (χ1) is 20.5. The van der Waals surface area contributed by atoms with Crippen molar-refractivity contribution < 1.29 is 38.6 Å². The number of halogens is 3. The number of imide groups is 4. The summed E-state index contributed by atoms with van der Waals surface area (Å²) >= 11 is 17.5. The van der Waals surface area contributed by atoms with Crippen molar-refractivity contribution in [2.45, 2.75) is 35.1 Å². The van der Waals surface area contributed by atoms with Crippen LogP contribution in [0.3, 0.4) is 0 Å². The van der Waals surface area contributed by atoms with Crippen LogP contribution < -0.4 is 4.74 Å². The van der Waals surface area contributed by atoms with E-state index in [-0.39, 0.29) is 36.2 Å². The standard InChI is InChI=1S/C30H25BrCl2N2O8/c1-42-28(41)35-24(37)19-10-9-17-20(22(19)25(35)38)12-29(32)26(39)34(14-31)27(40)30(29,33)23(17)18-8-7-16(11-21(18)36)43-13-15-5-3-2-4-6-15/h2-9,11,19-20,22-23,36H,10,12-14H2,1H3/t19-,20+,22-,23+,29+,30-/m0/s1. The molecule has 0 radical (unpaired) electrons. The third kappa shape index (κ3) is 4.15. The molecule has 6 atom stereocenters. The van der Waals surface area contributed by atoms with Gasteiger partial charge in [0, 0.05) is 17.5 Å². The van der Waals surface area contributed by atoms with Gasteiger partial charge in [0.1, 0.15) is 18.1 Å². The van der Waals surface area contributed by atoms with E-state index in [1.54, 1.807) is 18.2 Å². The van der Waals surface area contributed by atoms with Crippen LogP contribution in [0.4, 0.5) is 4.79 Å². The minimum absolute atomic E-state index is 0.0661. The van der Waals surface area contributed by atoms with Crippen LogP contribution in [-0.2, 0) is 30.5 Å². The van der Waals surface area contributed by atoms with Crippen LogP contribution >= 0.6 is 39.1 Å². The van der Waals surface area contributed by atoms with Crippen molar-refractivity contribution in [3.8, 4) is 11.5 Å². The molecule has 0 aromatic heterocycles. The van der Waals surface area contributed by atoms with Gasteiger partial charge >= 0.3 is 6.09 Å². The second-order valence-electron chi connectivity index (χ2n) is 11.0. The number of aromatic hydroxyl groups is 1. The number of alkyl halides is 3. The molecule has 43 heavy (non-hydrogen) atoms. The Kier molecular flexibility index (Phi) is 7.34. The summed E-state index contributed by atoms with van der Waals surface area (Å²) in [6.07, 6.45) is 0.419. The summed E-state index contributed by atoms with van der Waals surface area (Å²) in [5, 5.41) is 11.3. The number of phenolic OH excluding ortho intramolecular Hbond substituents is 1. The molecule has 6 rings (SSSR count). The number of likely N-dealkylation sites (tertiary alicyclic amines) is 2. The van der Waals surface area contributed by atoms with E-state index in [1.165, 1.54) is 6.07 Å². The molecule has 1 saturated carbocycles. The third-order valence-electron chi connectivity index (χ3n) is 8.93. The van der Waals surface area contributed by atoms with E-state index in [4.69, 9.17) is 27.9 Å². The summed E-state index contributed by atoms with van der Waals surface area (Å²) in [5.41, 5.74) is 1.41. The topological polar surface area (TPSA) is 131 Å². The summed E-state index contributed by atoms with van der Waals surface area (Å²) in [6.45, 7) is 0.240. The molecule has 0 spiro atoms. The number of rotatable bonds is 5. The average Bonchev–Trinajstić information content (AvgIpc) is 3.34. The molecular weight excluding hydrogens is 667 g/mol. The molecule has 4 aliphatic rings. The fourth-order valence-electron chi connectivity index (χ4n) is 6.97. The predicted octanol–water partition coefficient (Wildman–Crippen LogP) is 4.45. The van der Waals surface area contributed by atoms with Crippen molar-refractivity contribution in [3.63, 3.8) is 0 Å². The molecule has 3 fully saturated rings. The summed E-state index contributed by atoms with van der Waals surface area (Å²) in [4.78, 5) is 63.9. The van der Waals surface area contributed by atoms with Crippen LogP contribution in [0.15, 0.2) is 60.2 Å². The Labute approximate surface area is 264 Å². The van der Waals surface area contributed by atoms with Crippen LogP contribution in [-0.4, -0.2) is 66.9 Å². The molecule has 2 saturated heterocycles. The lowest BCUT2D eigenvalue weighted by molar-refractivity contribution is -0.140. The van der Waals surface area contributed by atoms with Crippen LogP contribution in [0.2, 0.25) is 0 Å². The number of phenols is 1. The van der Waals surface area contributed by atoms with E-state index in [2.05, 4.69) is 20.7 Å². The first kappa shape index (κ1) is 29.7. The van der Waals surface area contributed by atoms with E-state index in [1.807, 2.05) is 30.3 Å². The Bertz CT molecular complexity index is 1600. The maximum atomic E-state index is 13.9. The van der Waals surface area contributed by atoms with Crippen LogP contribution in [0.25, 0.3) is 0 Å². The number of hydrogen-bond donors (Lipinski definition) is 1. The molecule has 2 aliphatic heterocycles. The SMILES string of the molecule is COC(=O)N1C(=O)[C@H]2[C@H](CC=C3[C@H]2C[C@@]2(Cl)C(=O)N(CBr)C(=O)[C@@]2(Cl)[C@H]3c2ccc(OCc3ccccc3)cc2O)C1=O. The second-order valence-corrected chi connectivity index (χ2v) is 12.7. The number of carbonyl (C=O) groups is 5. The highest BCUT2D eigenvalue weighted by atomic mass is 79.9. The average molecular weight is 692 g/mol. The number of benzene rings is 2. The summed E-state index contributed by atoms with van der Waals surface area (Å²) in [6, 6.07) is 14.0. The fourth-order valence-corrected chi connectivity index (χ4v) is 8.39. The third-order valence-corrected chi connectivity index (χ3v) is 10.8. The summed E-state index contributed by atoms with van der Waals surface area (Å²) in [5.74, 6) is -6.89. The maximum Gasteiger partial charge on any atom is 0.423 e. The van der Waals surface area contributed by atoms with Crippen molar-refractivity contribution in [1.82, 2.24) is 9.80 Å². The quantitative estimate of drug-likeness (QED) is 0.211. The van der Waals surface area contributed by atoms with Gasteiger partial charge in [-0.1, -0.05) is 64.0 Å². The van der Waals surface area contributed by atoms with E-state index < -0.39 is 63.1 Å². The van der Waals surface area contributed by atoms with Crippen molar-refractivity contribution in [2.75, 3.05) is 12.6 Å². The molecule has 2 aromatic rings. The highest BCUT2D eigenvalue weighted by Crippen LogP contribution is 2.66. The molecular formula is C30H25BrCl2N2O8. The lowest BCUT2D eigenvalue weighted by atomic mass is 9.56. The fraction of sp³-hybridized carbons (Fsp3) is 0.367. The zero-order valence-electron chi connectivity index (χ0n) is 22.7. The van der Waals surface area contributed by atoms with Crippen molar-refractivity contribution in [3.05, 3.63) is 71.3 Å². The molecule has 2 aromatic carbocycles. The van der Waals surface area contributed by atoms with Gasteiger partial charge in [-0.3, -0.25) is 24.1 Å². The molecule has 10 nitrogen and oxygen atoms in total. The highest BCUT2D eigenvalue weighted by Gasteiger charge is 2.76. The normalized spacial score (nSPS) is 31.4. The van der Waals surface area contributed by atoms with Crippen LogP contribution in [0, 0.1) is 17.8 Å². The predicted molar refractivity (Wildman–Crippen MR) is 156 cm³/mol. The zero-order chi connectivity index (χ0) is 30.8. The van der Waals surface area contributed by atoms with Crippen LogP contribution in [0.5, 0.6) is 11.5 Å². The van der Waals surface area contributed by atoms with Gasteiger partial charge in [0.05, 0.1) is 24.4 Å². The maximum absolute atomic E-state index is 13.9. The summed E-state index contributed by atoms with van der Waals surface area (Å²) < 4.78 is 10.5. The smallest absolute Gasteiger partial charge is 0.423 e. The zero-order valence-corrected chi connectivity index (χ0v) is 25.8. The molecule has 0 unspecified atom stereocenters. The van der Waals surface area contributed by atoms with Crippen molar-refractivity contribution >= 4 is 68.9 Å². The second kappa shape index (κ2) is 10.6. The number of fused-ring (bicyclic) bond motifs is 4. The largest absolute Gasteiger partial charge is 0.508 e. The molecule has 2 heterocycles. The Hall–Kier alpha value is -3.41. The number of methoxy groups -OCH3 is 1. The van der Waals surface area contributed by atoms with E-state index in [9.17, 15) is 29.1 Å². The van der Waals surface area contributed by atoms with Gasteiger partial charge in [0.25, 0.3) is 11.8 Å². The Morgan fingerprint density at radius 2 is 1.77 bits per heavy atom.